The molecule has 0 bridgehead atoms. The van der Waals surface area contributed by atoms with Crippen molar-refractivity contribution in [2.45, 2.75) is 12.6 Å². The molecular formula is C10H8BrF3N2OS. The topological polar surface area (TPSA) is 55.1 Å². The van der Waals surface area contributed by atoms with Crippen molar-refractivity contribution in [2.24, 2.45) is 5.73 Å². The quantitative estimate of drug-likeness (QED) is 0.831. The normalized spacial score (nSPS) is 11.1. The molecule has 0 aliphatic carbocycles. The van der Waals surface area contributed by atoms with E-state index in [1.807, 2.05) is 0 Å². The standard InChI is InChI=1S/C10H8BrF3N2OS/c11-6-3-5(9(15)18)1-2-7(6)16-8(17)4-10(12,13)14/h1-3H,4H2,(H2,15,18)(H,16,17). The van der Waals surface area contributed by atoms with Crippen molar-refractivity contribution in [3.05, 3.63) is 28.2 Å². The van der Waals surface area contributed by atoms with E-state index in [0.717, 1.165) is 0 Å². The maximum absolute atomic E-state index is 12.0. The number of benzene rings is 1. The highest BCUT2D eigenvalue weighted by molar-refractivity contribution is 9.10. The van der Waals surface area contributed by atoms with Crippen LogP contribution in [-0.2, 0) is 4.79 Å². The Morgan fingerprint density at radius 2 is 2.06 bits per heavy atom. The molecule has 18 heavy (non-hydrogen) atoms. The zero-order valence-corrected chi connectivity index (χ0v) is 11.2. The Bertz CT molecular complexity index is 491. The van der Waals surface area contributed by atoms with E-state index in [-0.39, 0.29) is 10.7 Å². The van der Waals surface area contributed by atoms with Gasteiger partial charge in [-0.25, -0.2) is 0 Å². The molecule has 1 amide bonds. The fraction of sp³-hybridized carbons (Fsp3) is 0.200. The number of carbonyl (C=O) groups is 1. The van der Waals surface area contributed by atoms with Gasteiger partial charge in [-0.3, -0.25) is 4.79 Å². The molecule has 3 N–H and O–H groups in total. The van der Waals surface area contributed by atoms with E-state index < -0.39 is 18.5 Å². The predicted octanol–water partition coefficient (Wildman–Crippen LogP) is 2.97. The predicted molar refractivity (Wildman–Crippen MR) is 69.3 cm³/mol. The summed E-state index contributed by atoms with van der Waals surface area (Å²) in [7, 11) is 0. The summed E-state index contributed by atoms with van der Waals surface area (Å²) >= 11 is 7.86. The Morgan fingerprint density at radius 3 is 2.50 bits per heavy atom. The van der Waals surface area contributed by atoms with Crippen molar-refractivity contribution >= 4 is 44.7 Å². The van der Waals surface area contributed by atoms with Gasteiger partial charge in [-0.2, -0.15) is 13.2 Å². The molecule has 8 heteroatoms. The van der Waals surface area contributed by atoms with Gasteiger partial charge in [0, 0.05) is 10.0 Å². The minimum absolute atomic E-state index is 0.156. The number of hydrogen-bond donors (Lipinski definition) is 2. The van der Waals surface area contributed by atoms with Crippen LogP contribution in [0, 0.1) is 0 Å². The molecule has 0 aromatic heterocycles. The second kappa shape index (κ2) is 5.66. The van der Waals surface area contributed by atoms with Gasteiger partial charge in [-0.15, -0.1) is 0 Å². The molecule has 0 atom stereocenters. The molecule has 0 unspecified atom stereocenters. The van der Waals surface area contributed by atoms with Crippen molar-refractivity contribution in [1.82, 2.24) is 0 Å². The molecule has 0 aliphatic heterocycles. The third-order valence-corrected chi connectivity index (χ3v) is 2.78. The molecule has 0 radical (unpaired) electrons. The molecule has 0 spiro atoms. The van der Waals surface area contributed by atoms with E-state index in [1.165, 1.54) is 18.2 Å². The lowest BCUT2D eigenvalue weighted by Crippen LogP contribution is -2.21. The minimum Gasteiger partial charge on any atom is -0.389 e. The summed E-state index contributed by atoms with van der Waals surface area (Å²) < 4.78 is 36.3. The van der Waals surface area contributed by atoms with Crippen molar-refractivity contribution in [3.8, 4) is 0 Å². The zero-order valence-electron chi connectivity index (χ0n) is 8.84. The molecule has 0 heterocycles. The van der Waals surface area contributed by atoms with Crippen LogP contribution in [0.5, 0.6) is 0 Å². The number of thiocarbonyl (C=S) groups is 1. The number of hydrogen-bond acceptors (Lipinski definition) is 2. The average molecular weight is 341 g/mol. The Morgan fingerprint density at radius 1 is 1.44 bits per heavy atom. The molecule has 0 saturated heterocycles. The maximum Gasteiger partial charge on any atom is 0.397 e. The second-order valence-corrected chi connectivity index (χ2v) is 4.69. The Labute approximate surface area is 115 Å². The molecule has 0 aliphatic rings. The first kappa shape index (κ1) is 14.9. The van der Waals surface area contributed by atoms with E-state index >= 15 is 0 Å². The number of nitrogens with two attached hydrogens (primary N) is 1. The summed E-state index contributed by atoms with van der Waals surface area (Å²) in [6.07, 6.45) is -6.06. The number of carbonyl (C=O) groups excluding carboxylic acids is 1. The average Bonchev–Trinajstić information content (AvgIpc) is 2.17. The summed E-state index contributed by atoms with van der Waals surface area (Å²) in [5.74, 6) is -1.13. The Kier molecular flexibility index (Phi) is 4.69. The third-order valence-electron chi connectivity index (χ3n) is 1.89. The smallest absolute Gasteiger partial charge is 0.389 e. The van der Waals surface area contributed by atoms with Crippen molar-refractivity contribution < 1.29 is 18.0 Å². The number of rotatable bonds is 3. The van der Waals surface area contributed by atoms with E-state index in [0.29, 0.717) is 10.0 Å². The van der Waals surface area contributed by atoms with Crippen molar-refractivity contribution in [3.63, 3.8) is 0 Å². The van der Waals surface area contributed by atoms with Gasteiger partial charge >= 0.3 is 6.18 Å². The van der Waals surface area contributed by atoms with Crippen LogP contribution in [0.15, 0.2) is 22.7 Å². The monoisotopic (exact) mass is 340 g/mol. The number of halogens is 4. The third kappa shape index (κ3) is 4.61. The number of alkyl halides is 3. The van der Waals surface area contributed by atoms with Crippen molar-refractivity contribution in [1.29, 1.82) is 0 Å². The molecule has 1 rings (SSSR count). The zero-order chi connectivity index (χ0) is 13.9. The fourth-order valence-electron chi connectivity index (χ4n) is 1.15. The van der Waals surface area contributed by atoms with E-state index in [1.54, 1.807) is 0 Å². The summed E-state index contributed by atoms with van der Waals surface area (Å²) in [5.41, 5.74) is 6.16. The van der Waals surface area contributed by atoms with Gasteiger partial charge in [-0.05, 0) is 34.1 Å². The van der Waals surface area contributed by atoms with Gasteiger partial charge in [0.2, 0.25) is 5.91 Å². The van der Waals surface area contributed by atoms with Crippen LogP contribution in [0.1, 0.15) is 12.0 Å². The first-order chi connectivity index (χ1) is 8.19. The number of nitrogens with one attached hydrogen (secondary N) is 1. The van der Waals surface area contributed by atoms with Crippen LogP contribution in [0.3, 0.4) is 0 Å². The van der Waals surface area contributed by atoms with E-state index in [2.05, 4.69) is 21.2 Å². The van der Waals surface area contributed by atoms with Crippen LogP contribution in [0.4, 0.5) is 18.9 Å². The van der Waals surface area contributed by atoms with Gasteiger partial charge in [0.25, 0.3) is 0 Å². The van der Waals surface area contributed by atoms with Gasteiger partial charge in [0.05, 0.1) is 5.69 Å². The first-order valence-electron chi connectivity index (χ1n) is 4.65. The SMILES string of the molecule is NC(=S)c1ccc(NC(=O)CC(F)(F)F)c(Br)c1. The molecule has 1 aromatic rings. The summed E-state index contributed by atoms with van der Waals surface area (Å²) in [6, 6.07) is 4.45. The van der Waals surface area contributed by atoms with Gasteiger partial charge < -0.3 is 11.1 Å². The molecule has 98 valence electrons. The van der Waals surface area contributed by atoms with E-state index in [4.69, 9.17) is 18.0 Å². The summed E-state index contributed by atoms with van der Waals surface area (Å²) in [5, 5.41) is 2.14. The fourth-order valence-corrected chi connectivity index (χ4v) is 1.75. The lowest BCUT2D eigenvalue weighted by molar-refractivity contribution is -0.150. The molecule has 0 fully saturated rings. The molecule has 3 nitrogen and oxygen atoms in total. The van der Waals surface area contributed by atoms with Gasteiger partial charge in [0.1, 0.15) is 11.4 Å². The lowest BCUT2D eigenvalue weighted by atomic mass is 10.2. The van der Waals surface area contributed by atoms with Crippen LogP contribution in [0.2, 0.25) is 0 Å². The minimum atomic E-state index is -4.53. The van der Waals surface area contributed by atoms with Crippen LogP contribution in [-0.4, -0.2) is 17.1 Å². The van der Waals surface area contributed by atoms with Crippen LogP contribution >= 0.6 is 28.1 Å². The van der Waals surface area contributed by atoms with Gasteiger partial charge in [-0.1, -0.05) is 12.2 Å². The van der Waals surface area contributed by atoms with E-state index in [9.17, 15) is 18.0 Å². The van der Waals surface area contributed by atoms with Crippen LogP contribution in [0.25, 0.3) is 0 Å². The van der Waals surface area contributed by atoms with Crippen molar-refractivity contribution in [2.75, 3.05) is 5.32 Å². The highest BCUT2D eigenvalue weighted by Crippen LogP contribution is 2.25. The number of anilines is 1. The maximum atomic E-state index is 12.0. The summed E-state index contributed by atoms with van der Waals surface area (Å²) in [6.45, 7) is 0. The largest absolute Gasteiger partial charge is 0.397 e. The Balaban J connectivity index is 2.80. The van der Waals surface area contributed by atoms with Gasteiger partial charge in [0.15, 0.2) is 0 Å². The highest BCUT2D eigenvalue weighted by Gasteiger charge is 2.31. The van der Waals surface area contributed by atoms with Crippen LogP contribution < -0.4 is 11.1 Å². The number of amides is 1. The summed E-state index contributed by atoms with van der Waals surface area (Å²) in [4.78, 5) is 11.3. The molecular weight excluding hydrogens is 333 g/mol. The molecule has 0 saturated carbocycles. The first-order valence-corrected chi connectivity index (χ1v) is 5.85. The lowest BCUT2D eigenvalue weighted by Gasteiger charge is -2.10. The Hall–Kier alpha value is -1.15. The highest BCUT2D eigenvalue weighted by atomic mass is 79.9. The second-order valence-electron chi connectivity index (χ2n) is 3.40. The molecule has 1 aromatic carbocycles.